The van der Waals surface area contributed by atoms with Gasteiger partial charge < -0.3 is 5.32 Å². The Bertz CT molecular complexity index is 851. The van der Waals surface area contributed by atoms with Crippen molar-refractivity contribution < 1.29 is 4.79 Å². The Morgan fingerprint density at radius 1 is 0.917 bits per heavy atom. The summed E-state index contributed by atoms with van der Waals surface area (Å²) in [6.45, 7) is 0.504. The average molecular weight is 319 g/mol. The van der Waals surface area contributed by atoms with E-state index in [2.05, 4.69) is 51.9 Å². The number of aromatic nitrogens is 2. The fraction of sp³-hybridized carbons (Fsp3) is 0.105. The second-order valence-corrected chi connectivity index (χ2v) is 5.38. The molecule has 1 aromatic heterocycles. The molecule has 0 aliphatic heterocycles. The third-order valence-electron chi connectivity index (χ3n) is 3.67. The molecule has 1 amide bonds. The monoisotopic (exact) mass is 319 g/mol. The first kappa shape index (κ1) is 15.7. The minimum atomic E-state index is -0.329. The number of hydrogen-bond acceptors (Lipinski definition) is 3. The minimum absolute atomic E-state index is 0.203. The van der Waals surface area contributed by atoms with Crippen molar-refractivity contribution in [2.24, 2.45) is 0 Å². The molecule has 0 saturated carbocycles. The maximum Gasteiger partial charge on any atom is 0.271 e. The molecule has 0 fully saturated rings. The molecule has 0 aliphatic rings. The fourth-order valence-corrected chi connectivity index (χ4v) is 2.38. The molecule has 2 N–H and O–H groups in total. The van der Waals surface area contributed by atoms with E-state index in [9.17, 15) is 9.59 Å². The van der Waals surface area contributed by atoms with Crippen LogP contribution in [0.25, 0.3) is 11.1 Å². The van der Waals surface area contributed by atoms with Crippen LogP contribution in [0, 0.1) is 0 Å². The third-order valence-corrected chi connectivity index (χ3v) is 3.67. The van der Waals surface area contributed by atoms with Crippen LogP contribution in [-0.4, -0.2) is 22.6 Å². The maximum absolute atomic E-state index is 11.9. The van der Waals surface area contributed by atoms with Crippen LogP contribution >= 0.6 is 0 Å². The van der Waals surface area contributed by atoms with E-state index in [1.54, 1.807) is 0 Å². The zero-order chi connectivity index (χ0) is 16.8. The molecular formula is C19H17N3O2. The molecule has 3 aromatic rings. The normalized spacial score (nSPS) is 10.3. The number of H-pyrrole nitrogens is 1. The van der Waals surface area contributed by atoms with Gasteiger partial charge in [-0.05, 0) is 29.2 Å². The largest absolute Gasteiger partial charge is 0.350 e. The Morgan fingerprint density at radius 2 is 1.62 bits per heavy atom. The second kappa shape index (κ2) is 7.37. The number of nitrogens with one attached hydrogen (secondary N) is 2. The molecule has 5 heteroatoms. The van der Waals surface area contributed by atoms with Gasteiger partial charge in [-0.15, -0.1) is 0 Å². The number of amides is 1. The van der Waals surface area contributed by atoms with Crippen molar-refractivity contribution in [2.75, 3.05) is 6.54 Å². The lowest BCUT2D eigenvalue weighted by Crippen LogP contribution is -2.27. The molecule has 0 radical (unpaired) electrons. The first-order valence-electron chi connectivity index (χ1n) is 7.71. The topological polar surface area (TPSA) is 74.8 Å². The Hall–Kier alpha value is -3.21. The van der Waals surface area contributed by atoms with Crippen molar-refractivity contribution in [1.82, 2.24) is 15.5 Å². The summed E-state index contributed by atoms with van der Waals surface area (Å²) in [5, 5.41) is 8.73. The number of benzene rings is 2. The van der Waals surface area contributed by atoms with Crippen LogP contribution in [0.1, 0.15) is 16.1 Å². The van der Waals surface area contributed by atoms with Crippen LogP contribution < -0.4 is 10.9 Å². The fourth-order valence-electron chi connectivity index (χ4n) is 2.38. The van der Waals surface area contributed by atoms with Gasteiger partial charge in [0.25, 0.3) is 11.5 Å². The number of carbonyl (C=O) groups excluding carboxylic acids is 1. The Balaban J connectivity index is 1.54. The summed E-state index contributed by atoms with van der Waals surface area (Å²) in [5.74, 6) is -0.299. The summed E-state index contributed by atoms with van der Waals surface area (Å²) < 4.78 is 0. The van der Waals surface area contributed by atoms with E-state index in [0.717, 1.165) is 12.0 Å². The molecule has 0 saturated heterocycles. The van der Waals surface area contributed by atoms with Crippen molar-refractivity contribution >= 4 is 5.91 Å². The van der Waals surface area contributed by atoms with Crippen molar-refractivity contribution in [3.8, 4) is 11.1 Å². The molecule has 120 valence electrons. The van der Waals surface area contributed by atoms with Crippen LogP contribution in [0.2, 0.25) is 0 Å². The van der Waals surface area contributed by atoms with E-state index in [0.29, 0.717) is 6.54 Å². The van der Waals surface area contributed by atoms with E-state index < -0.39 is 0 Å². The molecule has 24 heavy (non-hydrogen) atoms. The Labute approximate surface area is 139 Å². The highest BCUT2D eigenvalue weighted by molar-refractivity contribution is 5.91. The van der Waals surface area contributed by atoms with Gasteiger partial charge in [-0.25, -0.2) is 5.10 Å². The van der Waals surface area contributed by atoms with Crippen molar-refractivity contribution in [2.45, 2.75) is 6.42 Å². The molecule has 0 bridgehead atoms. The van der Waals surface area contributed by atoms with Gasteiger partial charge in [0.1, 0.15) is 5.69 Å². The molecule has 2 aromatic carbocycles. The van der Waals surface area contributed by atoms with Gasteiger partial charge in [0.15, 0.2) is 0 Å². The van der Waals surface area contributed by atoms with Crippen LogP contribution in [0.4, 0.5) is 0 Å². The second-order valence-electron chi connectivity index (χ2n) is 5.38. The lowest BCUT2D eigenvalue weighted by Gasteiger charge is -2.06. The highest BCUT2D eigenvalue weighted by atomic mass is 16.2. The predicted molar refractivity (Wildman–Crippen MR) is 92.8 cm³/mol. The quantitative estimate of drug-likeness (QED) is 0.758. The summed E-state index contributed by atoms with van der Waals surface area (Å²) in [6, 6.07) is 21.2. The summed E-state index contributed by atoms with van der Waals surface area (Å²) in [4.78, 5) is 22.8. The van der Waals surface area contributed by atoms with Gasteiger partial charge in [0.05, 0.1) is 0 Å². The standard InChI is InChI=1S/C19H17N3O2/c23-18-11-10-17(21-22-18)19(24)20-13-12-14-6-8-16(9-7-14)15-4-2-1-3-5-15/h1-11H,12-13H2,(H,20,24)(H,22,23). The molecule has 0 aliphatic carbocycles. The zero-order valence-corrected chi connectivity index (χ0v) is 13.0. The van der Waals surface area contributed by atoms with Crippen molar-refractivity contribution in [3.63, 3.8) is 0 Å². The van der Waals surface area contributed by atoms with E-state index in [1.165, 1.54) is 23.3 Å². The van der Waals surface area contributed by atoms with Crippen LogP contribution in [0.15, 0.2) is 71.5 Å². The number of carbonyl (C=O) groups is 1. The smallest absolute Gasteiger partial charge is 0.271 e. The van der Waals surface area contributed by atoms with Crippen molar-refractivity contribution in [3.05, 3.63) is 88.3 Å². The summed E-state index contributed by atoms with van der Waals surface area (Å²) in [7, 11) is 0. The van der Waals surface area contributed by atoms with Gasteiger partial charge >= 0.3 is 0 Å². The lowest BCUT2D eigenvalue weighted by molar-refractivity contribution is 0.0948. The molecule has 3 rings (SSSR count). The lowest BCUT2D eigenvalue weighted by atomic mass is 10.0. The van der Waals surface area contributed by atoms with Gasteiger partial charge in [-0.3, -0.25) is 9.59 Å². The first-order valence-corrected chi connectivity index (χ1v) is 7.71. The third kappa shape index (κ3) is 3.95. The van der Waals surface area contributed by atoms with Crippen LogP contribution in [0.5, 0.6) is 0 Å². The number of hydrogen-bond donors (Lipinski definition) is 2. The Kier molecular flexibility index (Phi) is 4.81. The molecule has 5 nitrogen and oxygen atoms in total. The molecule has 0 unspecified atom stereocenters. The number of rotatable bonds is 5. The van der Waals surface area contributed by atoms with Gasteiger partial charge in [-0.1, -0.05) is 54.6 Å². The molecule has 0 atom stereocenters. The average Bonchev–Trinajstić information content (AvgIpc) is 2.63. The molecule has 1 heterocycles. The highest BCUT2D eigenvalue weighted by Gasteiger charge is 2.06. The number of aromatic amines is 1. The van der Waals surface area contributed by atoms with Gasteiger partial charge in [0.2, 0.25) is 0 Å². The van der Waals surface area contributed by atoms with Crippen molar-refractivity contribution in [1.29, 1.82) is 0 Å². The van der Waals surface area contributed by atoms with E-state index in [1.807, 2.05) is 18.2 Å². The van der Waals surface area contributed by atoms with Crippen LogP contribution in [0.3, 0.4) is 0 Å². The maximum atomic E-state index is 11.9. The van der Waals surface area contributed by atoms with Gasteiger partial charge in [-0.2, -0.15) is 5.10 Å². The summed E-state index contributed by atoms with van der Waals surface area (Å²) >= 11 is 0. The predicted octanol–water partition coefficient (Wildman–Crippen LogP) is 2.41. The van der Waals surface area contributed by atoms with Crippen LogP contribution in [-0.2, 0) is 6.42 Å². The van der Waals surface area contributed by atoms with Gasteiger partial charge in [0, 0.05) is 12.6 Å². The number of nitrogens with zero attached hydrogens (tertiary/aromatic N) is 1. The first-order chi connectivity index (χ1) is 11.7. The van der Waals surface area contributed by atoms with E-state index in [-0.39, 0.29) is 17.2 Å². The minimum Gasteiger partial charge on any atom is -0.350 e. The van der Waals surface area contributed by atoms with E-state index in [4.69, 9.17) is 0 Å². The van der Waals surface area contributed by atoms with E-state index >= 15 is 0 Å². The summed E-state index contributed by atoms with van der Waals surface area (Å²) in [5.41, 5.74) is 3.37. The summed E-state index contributed by atoms with van der Waals surface area (Å²) in [6.07, 6.45) is 0.726. The molecular weight excluding hydrogens is 302 g/mol. The molecule has 0 spiro atoms. The highest BCUT2D eigenvalue weighted by Crippen LogP contribution is 2.19. The Morgan fingerprint density at radius 3 is 2.29 bits per heavy atom. The SMILES string of the molecule is O=C(NCCc1ccc(-c2ccccc2)cc1)c1ccc(=O)[nH]n1. The zero-order valence-electron chi connectivity index (χ0n) is 13.0.